The number of carbonyl (C=O) groups is 2. The summed E-state index contributed by atoms with van der Waals surface area (Å²) in [6, 6.07) is 6.12. The van der Waals surface area contributed by atoms with Gasteiger partial charge < -0.3 is 5.11 Å². The van der Waals surface area contributed by atoms with Gasteiger partial charge in [-0.1, -0.05) is 6.92 Å². The number of carboxylic acids is 1. The van der Waals surface area contributed by atoms with Crippen LogP contribution in [-0.4, -0.2) is 31.0 Å². The van der Waals surface area contributed by atoms with Crippen LogP contribution in [0.25, 0.3) is 0 Å². The molecule has 21 heavy (non-hydrogen) atoms. The summed E-state index contributed by atoms with van der Waals surface area (Å²) >= 11 is 0. The predicted molar refractivity (Wildman–Crippen MR) is 80.0 cm³/mol. The molecule has 0 saturated carbocycles. The Labute approximate surface area is 124 Å². The molecule has 0 aromatic heterocycles. The van der Waals surface area contributed by atoms with Crippen LogP contribution in [0.4, 0.5) is 5.69 Å². The summed E-state index contributed by atoms with van der Waals surface area (Å²) in [4.78, 5) is 22.2. The SMILES string of the molecule is CCCS(=O)(=O)Nc1ccc(C(=O)CCCC(=O)O)cc1. The van der Waals surface area contributed by atoms with Gasteiger partial charge in [0, 0.05) is 24.1 Å². The third-order valence-corrected chi connectivity index (χ3v) is 4.24. The number of carbonyl (C=O) groups excluding carboxylic acids is 1. The number of sulfonamides is 1. The summed E-state index contributed by atoms with van der Waals surface area (Å²) in [5.74, 6) is -1.04. The lowest BCUT2D eigenvalue weighted by Gasteiger charge is -2.07. The molecule has 0 atom stereocenters. The van der Waals surface area contributed by atoms with Gasteiger partial charge in [0.25, 0.3) is 0 Å². The summed E-state index contributed by atoms with van der Waals surface area (Å²) in [7, 11) is -3.34. The third-order valence-electron chi connectivity index (χ3n) is 2.75. The van der Waals surface area contributed by atoms with E-state index in [0.29, 0.717) is 24.1 Å². The van der Waals surface area contributed by atoms with Gasteiger partial charge in [0.1, 0.15) is 0 Å². The standard InChI is InChI=1S/C14H19NO5S/c1-2-10-21(19,20)15-12-8-6-11(7-9-12)13(16)4-3-5-14(17)18/h6-9,15H,2-5,10H2,1H3,(H,17,18). The molecule has 0 aliphatic rings. The lowest BCUT2D eigenvalue weighted by molar-refractivity contribution is -0.137. The first kappa shape index (κ1) is 17.2. The number of hydrogen-bond acceptors (Lipinski definition) is 4. The minimum absolute atomic E-state index is 0.0410. The van der Waals surface area contributed by atoms with Crippen molar-refractivity contribution >= 4 is 27.5 Å². The molecule has 1 aromatic carbocycles. The first-order valence-electron chi connectivity index (χ1n) is 6.69. The molecule has 116 valence electrons. The van der Waals surface area contributed by atoms with E-state index < -0.39 is 16.0 Å². The Morgan fingerprint density at radius 3 is 2.29 bits per heavy atom. The molecule has 0 amide bonds. The van der Waals surface area contributed by atoms with Gasteiger partial charge in [0.15, 0.2) is 5.78 Å². The second-order valence-corrected chi connectivity index (χ2v) is 6.51. The number of hydrogen-bond donors (Lipinski definition) is 2. The fourth-order valence-electron chi connectivity index (χ4n) is 1.77. The Bertz CT molecular complexity index is 592. The zero-order valence-electron chi connectivity index (χ0n) is 11.8. The number of benzene rings is 1. The second-order valence-electron chi connectivity index (χ2n) is 4.67. The van der Waals surface area contributed by atoms with Crippen LogP contribution in [0.5, 0.6) is 0 Å². The second kappa shape index (κ2) is 7.78. The van der Waals surface area contributed by atoms with Gasteiger partial charge >= 0.3 is 5.97 Å². The molecule has 0 saturated heterocycles. The number of carboxylic acid groups (broad SMARTS) is 1. The van der Waals surface area contributed by atoms with Gasteiger partial charge in [-0.2, -0.15) is 0 Å². The Balaban J connectivity index is 2.61. The molecular weight excluding hydrogens is 294 g/mol. The maximum atomic E-state index is 11.8. The molecule has 0 bridgehead atoms. The van der Waals surface area contributed by atoms with Gasteiger partial charge in [-0.15, -0.1) is 0 Å². The van der Waals surface area contributed by atoms with Gasteiger partial charge in [0.05, 0.1) is 5.75 Å². The number of ketones is 1. The van der Waals surface area contributed by atoms with Crippen LogP contribution in [0.2, 0.25) is 0 Å². The number of rotatable bonds is 9. The van der Waals surface area contributed by atoms with Crippen molar-refractivity contribution in [3.8, 4) is 0 Å². The van der Waals surface area contributed by atoms with Crippen LogP contribution in [-0.2, 0) is 14.8 Å². The van der Waals surface area contributed by atoms with E-state index in [1.54, 1.807) is 6.92 Å². The highest BCUT2D eigenvalue weighted by molar-refractivity contribution is 7.92. The fraction of sp³-hybridized carbons (Fsp3) is 0.429. The molecule has 2 N–H and O–H groups in total. The van der Waals surface area contributed by atoms with Crippen molar-refractivity contribution in [3.63, 3.8) is 0 Å². The first-order chi connectivity index (χ1) is 9.84. The van der Waals surface area contributed by atoms with E-state index in [1.807, 2.05) is 0 Å². The van der Waals surface area contributed by atoms with E-state index in [1.165, 1.54) is 24.3 Å². The van der Waals surface area contributed by atoms with Crippen LogP contribution >= 0.6 is 0 Å². The Morgan fingerprint density at radius 1 is 1.14 bits per heavy atom. The summed E-state index contributed by atoms with van der Waals surface area (Å²) in [6.07, 6.45) is 0.933. The highest BCUT2D eigenvalue weighted by atomic mass is 32.2. The lowest BCUT2D eigenvalue weighted by atomic mass is 10.1. The summed E-state index contributed by atoms with van der Waals surface area (Å²) in [6.45, 7) is 1.78. The molecule has 0 aliphatic heterocycles. The first-order valence-corrected chi connectivity index (χ1v) is 8.35. The number of Topliss-reactive ketones (excluding diaryl/α,β-unsaturated/α-hetero) is 1. The van der Waals surface area contributed by atoms with Crippen LogP contribution in [0, 0.1) is 0 Å². The smallest absolute Gasteiger partial charge is 0.303 e. The number of aliphatic carboxylic acids is 1. The van der Waals surface area contributed by atoms with Gasteiger partial charge in [-0.05, 0) is 37.1 Å². The predicted octanol–water partition coefficient (Wildman–Crippen LogP) is 2.28. The van der Waals surface area contributed by atoms with Crippen LogP contribution < -0.4 is 4.72 Å². The molecule has 0 spiro atoms. The zero-order valence-corrected chi connectivity index (χ0v) is 12.6. The zero-order chi connectivity index (χ0) is 15.9. The Hall–Kier alpha value is -1.89. The normalized spacial score (nSPS) is 11.1. The largest absolute Gasteiger partial charge is 0.481 e. The Morgan fingerprint density at radius 2 is 1.76 bits per heavy atom. The molecule has 0 fully saturated rings. The molecule has 1 aromatic rings. The molecule has 0 aliphatic carbocycles. The van der Waals surface area contributed by atoms with Crippen molar-refractivity contribution in [2.75, 3.05) is 10.5 Å². The maximum absolute atomic E-state index is 11.8. The minimum Gasteiger partial charge on any atom is -0.481 e. The Kier molecular flexibility index (Phi) is 6.36. The number of anilines is 1. The molecule has 0 radical (unpaired) electrons. The van der Waals surface area contributed by atoms with E-state index in [2.05, 4.69) is 4.72 Å². The summed E-state index contributed by atoms with van der Waals surface area (Å²) in [5.41, 5.74) is 0.851. The minimum atomic E-state index is -3.34. The van der Waals surface area contributed by atoms with Crippen molar-refractivity contribution in [1.82, 2.24) is 0 Å². The highest BCUT2D eigenvalue weighted by Crippen LogP contribution is 2.14. The summed E-state index contributed by atoms with van der Waals surface area (Å²) in [5, 5.41) is 8.51. The molecular formula is C14H19NO5S. The molecule has 7 heteroatoms. The number of nitrogens with one attached hydrogen (secondary N) is 1. The van der Waals surface area contributed by atoms with Crippen molar-refractivity contribution < 1.29 is 23.1 Å². The van der Waals surface area contributed by atoms with E-state index in [4.69, 9.17) is 5.11 Å². The van der Waals surface area contributed by atoms with Gasteiger partial charge in [0.2, 0.25) is 10.0 Å². The van der Waals surface area contributed by atoms with E-state index in [-0.39, 0.29) is 24.4 Å². The van der Waals surface area contributed by atoms with E-state index in [0.717, 1.165) is 0 Å². The van der Waals surface area contributed by atoms with Crippen molar-refractivity contribution in [3.05, 3.63) is 29.8 Å². The quantitative estimate of drug-likeness (QED) is 0.681. The van der Waals surface area contributed by atoms with Crippen LogP contribution in [0.1, 0.15) is 43.0 Å². The average Bonchev–Trinajstić information content (AvgIpc) is 2.38. The molecule has 0 heterocycles. The van der Waals surface area contributed by atoms with Crippen molar-refractivity contribution in [2.45, 2.75) is 32.6 Å². The molecule has 6 nitrogen and oxygen atoms in total. The van der Waals surface area contributed by atoms with E-state index >= 15 is 0 Å². The van der Waals surface area contributed by atoms with Crippen LogP contribution in [0.15, 0.2) is 24.3 Å². The van der Waals surface area contributed by atoms with Crippen molar-refractivity contribution in [2.24, 2.45) is 0 Å². The maximum Gasteiger partial charge on any atom is 0.303 e. The van der Waals surface area contributed by atoms with Crippen LogP contribution in [0.3, 0.4) is 0 Å². The van der Waals surface area contributed by atoms with E-state index in [9.17, 15) is 18.0 Å². The van der Waals surface area contributed by atoms with Gasteiger partial charge in [-0.25, -0.2) is 8.42 Å². The molecule has 1 rings (SSSR count). The van der Waals surface area contributed by atoms with Crippen molar-refractivity contribution in [1.29, 1.82) is 0 Å². The topological polar surface area (TPSA) is 101 Å². The average molecular weight is 313 g/mol. The monoisotopic (exact) mass is 313 g/mol. The third kappa shape index (κ3) is 6.40. The highest BCUT2D eigenvalue weighted by Gasteiger charge is 2.10. The lowest BCUT2D eigenvalue weighted by Crippen LogP contribution is -2.16. The molecule has 0 unspecified atom stereocenters. The fourth-order valence-corrected chi connectivity index (χ4v) is 2.90. The van der Waals surface area contributed by atoms with Gasteiger partial charge in [-0.3, -0.25) is 14.3 Å². The summed E-state index contributed by atoms with van der Waals surface area (Å²) < 4.78 is 25.6.